The molecule has 4 heterocycles. The lowest BCUT2D eigenvalue weighted by Gasteiger charge is -2.13. The van der Waals surface area contributed by atoms with Crippen LogP contribution in [0.3, 0.4) is 0 Å². The number of pyridine rings is 2. The molecule has 0 radical (unpaired) electrons. The average Bonchev–Trinajstić information content (AvgIpc) is 3.13. The topological polar surface area (TPSA) is 140 Å². The smallest absolute Gasteiger partial charge is 0.416 e. The number of ether oxygens (including phenoxy) is 1. The Labute approximate surface area is 290 Å². The van der Waals surface area contributed by atoms with Gasteiger partial charge < -0.3 is 20.7 Å². The fourth-order valence-corrected chi connectivity index (χ4v) is 4.67. The van der Waals surface area contributed by atoms with Crippen LogP contribution < -0.4 is 20.7 Å². The van der Waals surface area contributed by atoms with Crippen LogP contribution in [0.1, 0.15) is 21.5 Å². The van der Waals surface area contributed by atoms with Gasteiger partial charge in [-0.3, -0.25) is 4.79 Å². The summed E-state index contributed by atoms with van der Waals surface area (Å²) < 4.78 is 45.0. The SMILES string of the molecule is CNc1cc(-c2cccnc2Cl)ncn1.CNc1cc(-c2cccnc2Oc2cc(C(=O)Nc3cccc(C(F)(F)F)c3)ccc2C)ncn1. The number of rotatable bonds is 8. The highest BCUT2D eigenvalue weighted by molar-refractivity contribution is 6.32. The molecule has 15 heteroatoms. The number of carbonyl (C=O) groups is 1. The molecule has 0 saturated carbocycles. The maximum atomic E-state index is 13.0. The maximum Gasteiger partial charge on any atom is 0.416 e. The van der Waals surface area contributed by atoms with E-state index in [4.69, 9.17) is 16.3 Å². The van der Waals surface area contributed by atoms with E-state index < -0.39 is 17.6 Å². The van der Waals surface area contributed by atoms with Crippen LogP contribution in [-0.4, -0.2) is 49.9 Å². The minimum absolute atomic E-state index is 0.0315. The van der Waals surface area contributed by atoms with E-state index in [-0.39, 0.29) is 17.1 Å². The van der Waals surface area contributed by atoms with E-state index in [1.807, 2.05) is 18.2 Å². The number of hydrogen-bond donors (Lipinski definition) is 3. The van der Waals surface area contributed by atoms with Crippen LogP contribution in [0.4, 0.5) is 30.5 Å². The first-order valence-electron chi connectivity index (χ1n) is 14.9. The fraction of sp³-hybridized carbons (Fsp3) is 0.114. The summed E-state index contributed by atoms with van der Waals surface area (Å²) in [5, 5.41) is 8.83. The van der Waals surface area contributed by atoms with Gasteiger partial charge in [-0.1, -0.05) is 23.7 Å². The number of nitrogens with one attached hydrogen (secondary N) is 3. The van der Waals surface area contributed by atoms with Crippen molar-refractivity contribution in [2.24, 2.45) is 0 Å². The molecule has 0 saturated heterocycles. The van der Waals surface area contributed by atoms with Crippen molar-refractivity contribution in [1.82, 2.24) is 29.9 Å². The van der Waals surface area contributed by atoms with E-state index in [1.165, 1.54) is 30.9 Å². The number of anilines is 3. The minimum Gasteiger partial charge on any atom is -0.438 e. The zero-order valence-electron chi connectivity index (χ0n) is 26.8. The molecule has 6 rings (SSSR count). The summed E-state index contributed by atoms with van der Waals surface area (Å²) in [5.41, 5.74) is 2.88. The number of aromatic nitrogens is 6. The first kappa shape index (κ1) is 35.2. The maximum absolute atomic E-state index is 13.0. The van der Waals surface area contributed by atoms with Gasteiger partial charge in [0.15, 0.2) is 0 Å². The zero-order valence-corrected chi connectivity index (χ0v) is 27.6. The monoisotopic (exact) mass is 699 g/mol. The molecule has 0 aliphatic heterocycles. The number of hydrogen-bond acceptors (Lipinski definition) is 10. The van der Waals surface area contributed by atoms with Crippen molar-refractivity contribution in [3.63, 3.8) is 0 Å². The number of halogens is 4. The molecule has 0 fully saturated rings. The quantitative estimate of drug-likeness (QED) is 0.133. The number of nitrogens with zero attached hydrogens (tertiary/aromatic N) is 6. The van der Waals surface area contributed by atoms with Crippen LogP contribution in [0.2, 0.25) is 5.15 Å². The van der Waals surface area contributed by atoms with Crippen LogP contribution in [0, 0.1) is 6.92 Å². The third kappa shape index (κ3) is 8.85. The number of aryl methyl sites for hydroxylation is 1. The molecule has 50 heavy (non-hydrogen) atoms. The summed E-state index contributed by atoms with van der Waals surface area (Å²) in [5.74, 6) is 1.43. The Morgan fingerprint density at radius 1 is 0.740 bits per heavy atom. The van der Waals surface area contributed by atoms with E-state index in [0.717, 1.165) is 34.8 Å². The Balaban J connectivity index is 0.000000269. The van der Waals surface area contributed by atoms with Gasteiger partial charge in [-0.2, -0.15) is 13.2 Å². The molecule has 6 aromatic rings. The highest BCUT2D eigenvalue weighted by Crippen LogP contribution is 2.34. The molecule has 0 spiro atoms. The van der Waals surface area contributed by atoms with Gasteiger partial charge in [-0.15, -0.1) is 0 Å². The van der Waals surface area contributed by atoms with Gasteiger partial charge in [0.05, 0.1) is 22.5 Å². The Morgan fingerprint density at radius 3 is 2.02 bits per heavy atom. The predicted octanol–water partition coefficient (Wildman–Crippen LogP) is 8.19. The average molecular weight is 700 g/mol. The molecule has 1 amide bonds. The summed E-state index contributed by atoms with van der Waals surface area (Å²) in [6, 6.07) is 20.0. The van der Waals surface area contributed by atoms with Crippen LogP contribution in [-0.2, 0) is 6.18 Å². The molecule has 0 bridgehead atoms. The molecule has 0 aliphatic carbocycles. The van der Waals surface area contributed by atoms with Crippen LogP contribution in [0.5, 0.6) is 11.6 Å². The van der Waals surface area contributed by atoms with Gasteiger partial charge in [0.1, 0.15) is 35.2 Å². The fourth-order valence-electron chi connectivity index (χ4n) is 4.46. The molecule has 4 aromatic heterocycles. The number of alkyl halides is 3. The lowest BCUT2D eigenvalue weighted by Crippen LogP contribution is -2.13. The van der Waals surface area contributed by atoms with E-state index in [1.54, 1.807) is 63.7 Å². The zero-order chi connectivity index (χ0) is 35.7. The van der Waals surface area contributed by atoms with E-state index >= 15 is 0 Å². The molecule has 254 valence electrons. The molecular formula is C35H29ClF3N9O2. The normalized spacial score (nSPS) is 10.8. The molecule has 0 atom stereocenters. The third-order valence-corrected chi connectivity index (χ3v) is 7.33. The second kappa shape index (κ2) is 15.8. The van der Waals surface area contributed by atoms with E-state index in [2.05, 4.69) is 45.9 Å². The van der Waals surface area contributed by atoms with Crippen molar-refractivity contribution >= 4 is 34.8 Å². The van der Waals surface area contributed by atoms with Crippen molar-refractivity contribution < 1.29 is 22.7 Å². The van der Waals surface area contributed by atoms with E-state index in [9.17, 15) is 18.0 Å². The predicted molar refractivity (Wildman–Crippen MR) is 185 cm³/mol. The molecule has 2 aromatic carbocycles. The molecular weight excluding hydrogens is 671 g/mol. The molecule has 3 N–H and O–H groups in total. The standard InChI is InChI=1S/C25H20F3N5O2.C10H9ClN4/c1-15-8-9-16(23(34)33-18-6-3-5-17(12-18)25(26,27)28)11-21(15)35-24-19(7-4-10-30-24)20-13-22(29-2)32-14-31-20;1-12-9-5-8(14-6-15-9)7-3-2-4-13-10(7)11/h3-14H,1-2H3,(H,33,34)(H,29,31,32);2-6H,1H3,(H,12,14,15). The second-order valence-electron chi connectivity index (χ2n) is 10.4. The van der Waals surface area contributed by atoms with Crippen molar-refractivity contribution in [2.45, 2.75) is 13.1 Å². The largest absolute Gasteiger partial charge is 0.438 e. The lowest BCUT2D eigenvalue weighted by atomic mass is 10.1. The Hall–Kier alpha value is -6.15. The highest BCUT2D eigenvalue weighted by atomic mass is 35.5. The Bertz CT molecular complexity index is 2120. The summed E-state index contributed by atoms with van der Waals surface area (Å²) in [6.07, 6.45) is 1.61. The van der Waals surface area contributed by atoms with Crippen LogP contribution in [0.25, 0.3) is 22.5 Å². The van der Waals surface area contributed by atoms with Gasteiger partial charge in [0.25, 0.3) is 5.91 Å². The van der Waals surface area contributed by atoms with Gasteiger partial charge in [0, 0.05) is 55.4 Å². The Kier molecular flexibility index (Phi) is 11.1. The molecule has 0 aliphatic rings. The third-order valence-electron chi connectivity index (χ3n) is 7.03. The molecule has 0 unspecified atom stereocenters. The first-order chi connectivity index (χ1) is 24.0. The van der Waals surface area contributed by atoms with Gasteiger partial charge in [0.2, 0.25) is 5.88 Å². The summed E-state index contributed by atoms with van der Waals surface area (Å²) in [4.78, 5) is 37.6. The Morgan fingerprint density at radius 2 is 1.38 bits per heavy atom. The molecule has 11 nitrogen and oxygen atoms in total. The van der Waals surface area contributed by atoms with E-state index in [0.29, 0.717) is 28.0 Å². The highest BCUT2D eigenvalue weighted by Gasteiger charge is 2.30. The summed E-state index contributed by atoms with van der Waals surface area (Å²) in [7, 11) is 3.54. The first-order valence-corrected chi connectivity index (χ1v) is 15.3. The number of benzene rings is 2. The minimum atomic E-state index is -4.51. The van der Waals surface area contributed by atoms with Gasteiger partial charge in [-0.05, 0) is 67.1 Å². The van der Waals surface area contributed by atoms with Crippen LogP contribution >= 0.6 is 11.6 Å². The van der Waals surface area contributed by atoms with Gasteiger partial charge >= 0.3 is 6.18 Å². The van der Waals surface area contributed by atoms with Crippen molar-refractivity contribution in [1.29, 1.82) is 0 Å². The van der Waals surface area contributed by atoms with Crippen molar-refractivity contribution in [2.75, 3.05) is 30.0 Å². The second-order valence-corrected chi connectivity index (χ2v) is 10.7. The number of carbonyl (C=O) groups excluding carboxylic acids is 1. The van der Waals surface area contributed by atoms with Crippen molar-refractivity contribution in [3.8, 4) is 34.1 Å². The van der Waals surface area contributed by atoms with Crippen LogP contribution in [0.15, 0.2) is 104 Å². The van der Waals surface area contributed by atoms with Crippen molar-refractivity contribution in [3.05, 3.63) is 126 Å². The lowest BCUT2D eigenvalue weighted by molar-refractivity contribution is -0.137. The number of amides is 1. The summed E-state index contributed by atoms with van der Waals surface area (Å²) >= 11 is 5.96. The summed E-state index contributed by atoms with van der Waals surface area (Å²) in [6.45, 7) is 1.80. The van der Waals surface area contributed by atoms with Gasteiger partial charge in [-0.25, -0.2) is 29.9 Å².